The summed E-state index contributed by atoms with van der Waals surface area (Å²) >= 11 is 0. The number of hydrogen-bond acceptors (Lipinski definition) is 5. The predicted octanol–water partition coefficient (Wildman–Crippen LogP) is 21.1. The van der Waals surface area contributed by atoms with Crippen molar-refractivity contribution >= 4 is 122 Å². The molecule has 11 aromatic carbocycles. The fraction of sp³-hybridized carbons (Fsp3) is 0.195. The Kier molecular flexibility index (Phi) is 12.6. The number of anilines is 2. The smallest absolute Gasteiger partial charge is 0.241 e. The maximum Gasteiger partial charge on any atom is 0.241 e. The summed E-state index contributed by atoms with van der Waals surface area (Å²) in [6.07, 6.45) is 5.80. The summed E-state index contributed by atoms with van der Waals surface area (Å²) in [4.78, 5) is 58.5. The van der Waals surface area contributed by atoms with Crippen LogP contribution in [0.3, 0.4) is 0 Å². The zero-order valence-corrected chi connectivity index (χ0v) is 55.2. The van der Waals surface area contributed by atoms with Gasteiger partial charge in [0.1, 0.15) is 5.58 Å². The van der Waals surface area contributed by atoms with E-state index in [1.807, 2.05) is 102 Å². The highest BCUT2D eigenvalue weighted by atomic mass is 16.3. The van der Waals surface area contributed by atoms with Crippen LogP contribution in [-0.4, -0.2) is 37.3 Å². The Balaban J connectivity index is 0.000000138. The largest absolute Gasteiger partial charge is 0.454 e. The first-order chi connectivity index (χ1) is 47.2. The molecule has 474 valence electrons. The second-order valence-corrected chi connectivity index (χ2v) is 28.5. The third kappa shape index (κ3) is 7.95. The van der Waals surface area contributed by atoms with Crippen molar-refractivity contribution in [3.8, 4) is 39.3 Å². The van der Waals surface area contributed by atoms with Crippen LogP contribution in [0.5, 0.6) is 0 Å². The molecule has 3 saturated carbocycles. The number of carbonyl (C=O) groups excluding carboxylic acids is 4. The molecule has 6 heterocycles. The summed E-state index contributed by atoms with van der Waals surface area (Å²) in [5.41, 5.74) is 14.7. The number of imide groups is 2. The van der Waals surface area contributed by atoms with Gasteiger partial charge in [-0.2, -0.15) is 0 Å². The second-order valence-electron chi connectivity index (χ2n) is 28.5. The number of fused-ring (bicyclic) bond motifs is 12. The molecule has 5 fully saturated rings. The van der Waals surface area contributed by atoms with E-state index >= 15 is 0 Å². The lowest BCUT2D eigenvalue weighted by Crippen LogP contribution is -2.39. The average Bonchev–Trinajstić information content (AvgIpc) is 1.47. The van der Waals surface area contributed by atoms with Gasteiger partial charge in [-0.15, -0.1) is 0 Å². The highest BCUT2D eigenvalue weighted by Gasteiger charge is 2.81. The van der Waals surface area contributed by atoms with Crippen molar-refractivity contribution in [2.75, 3.05) is 9.80 Å². The molecule has 5 aliphatic rings. The molecule has 97 heavy (non-hydrogen) atoms. The number of aromatic nitrogens is 3. The first-order valence-corrected chi connectivity index (χ1v) is 34.2. The Labute approximate surface area is 561 Å². The number of carbonyl (C=O) groups is 4. The van der Waals surface area contributed by atoms with Crippen molar-refractivity contribution < 1.29 is 23.6 Å². The number of benzene rings is 11. The van der Waals surface area contributed by atoms with Crippen LogP contribution in [0.25, 0.3) is 127 Å². The Morgan fingerprint density at radius 2 is 0.711 bits per heavy atom. The van der Waals surface area contributed by atoms with Crippen LogP contribution in [0, 0.1) is 27.1 Å². The summed E-state index contributed by atoms with van der Waals surface area (Å²) in [7, 11) is 0. The molecule has 15 aromatic rings. The Hall–Kier alpha value is -11.1. The number of para-hydroxylation sites is 8. The number of hydrogen-bond donors (Lipinski definition) is 0. The lowest BCUT2D eigenvalue weighted by atomic mass is 9.64. The first kappa shape index (κ1) is 58.5. The minimum absolute atomic E-state index is 0.0537. The lowest BCUT2D eigenvalue weighted by Gasteiger charge is -2.33. The van der Waals surface area contributed by atoms with E-state index in [0.29, 0.717) is 11.4 Å². The normalized spacial score (nSPS) is 20.6. The lowest BCUT2D eigenvalue weighted by molar-refractivity contribution is -0.132. The molecular weight excluding hydrogens is 1190 g/mol. The van der Waals surface area contributed by atoms with Gasteiger partial charge in [-0.25, -0.2) is 9.80 Å². The molecule has 2 atom stereocenters. The standard InChI is InChI=1S/C44H35N3O2.C41H30N2O3.C2H6/c1-43(2)41(48)47(42(49)44(43,3)4)40-21-13-12-20-39(40)46-36-19-11-9-17-32(36)34-27-29(23-25-38(34)46)28-22-24-37-33(26-28)31-16-8-10-18-35(31)45(37)30-14-6-5-7-15-30;44-37-40-20-18-39(23-40)19-21-41(40,24-39)38(45)42(37)27-15-12-25(13-16-27)26-14-17-33-31(22-26)28-6-1-3-9-32(28)43(33)34-10-5-8-30-29-7-2-4-11-35(29)46-36(30)34;1-2/h5-27H,1-4H3;1-17,22H,18-21,23-24H2;1-2H3. The van der Waals surface area contributed by atoms with Gasteiger partial charge in [0.2, 0.25) is 23.6 Å². The van der Waals surface area contributed by atoms with Crippen LogP contribution in [0.15, 0.2) is 253 Å². The molecule has 10 nitrogen and oxygen atoms in total. The van der Waals surface area contributed by atoms with Gasteiger partial charge < -0.3 is 18.1 Å². The van der Waals surface area contributed by atoms with Crippen molar-refractivity contribution in [3.05, 3.63) is 249 Å². The van der Waals surface area contributed by atoms with Crippen LogP contribution in [0.4, 0.5) is 11.4 Å². The van der Waals surface area contributed by atoms with E-state index in [1.165, 1.54) is 32.1 Å². The Morgan fingerprint density at radius 1 is 0.309 bits per heavy atom. The fourth-order valence-electron chi connectivity index (χ4n) is 18.1. The fourth-order valence-corrected chi connectivity index (χ4v) is 18.1. The molecule has 2 aliphatic heterocycles. The first-order valence-electron chi connectivity index (χ1n) is 34.2. The maximum atomic E-state index is 13.9. The summed E-state index contributed by atoms with van der Waals surface area (Å²) in [6, 6.07) is 86.3. The number of amides is 4. The number of furan rings is 1. The minimum atomic E-state index is -0.832. The molecule has 3 bridgehead atoms. The molecule has 0 N–H and O–H groups in total. The van der Waals surface area contributed by atoms with Crippen LogP contribution in [-0.2, 0) is 19.2 Å². The van der Waals surface area contributed by atoms with E-state index in [2.05, 4.69) is 202 Å². The van der Waals surface area contributed by atoms with Gasteiger partial charge in [0.25, 0.3) is 0 Å². The SMILES string of the molecule is CC.CC1(C)C(=O)N(c2ccccc2-n2c3ccccc3c3cc(-c4ccc5c(c4)c4ccccc4n5-c4ccccc4)ccc32)C(=O)C1(C)C.O=C1N(c2ccc(-c3ccc4c(c3)c3ccccc3n4-c3cccc4c3oc3ccccc34)cc2)C(=O)C23CCC4(CCC12C4)C3. The molecule has 3 spiro atoms. The predicted molar refractivity (Wildman–Crippen MR) is 393 cm³/mol. The quantitative estimate of drug-likeness (QED) is 0.148. The van der Waals surface area contributed by atoms with Gasteiger partial charge in [0, 0.05) is 48.8 Å². The van der Waals surface area contributed by atoms with E-state index in [9.17, 15) is 19.2 Å². The van der Waals surface area contributed by atoms with Gasteiger partial charge in [-0.1, -0.05) is 159 Å². The van der Waals surface area contributed by atoms with Crippen LogP contribution in [0.2, 0.25) is 0 Å². The molecule has 4 amide bonds. The average molecular weight is 1270 g/mol. The van der Waals surface area contributed by atoms with Crippen LogP contribution < -0.4 is 9.80 Å². The van der Waals surface area contributed by atoms with E-state index in [1.54, 1.807) is 4.90 Å². The molecule has 4 aromatic heterocycles. The Morgan fingerprint density at radius 3 is 1.26 bits per heavy atom. The summed E-state index contributed by atoms with van der Waals surface area (Å²) in [5.74, 6) is -0.250. The van der Waals surface area contributed by atoms with Crippen LogP contribution in [0.1, 0.15) is 80.1 Å². The van der Waals surface area contributed by atoms with Gasteiger partial charge >= 0.3 is 0 Å². The number of rotatable bonds is 7. The van der Waals surface area contributed by atoms with Crippen LogP contribution >= 0.6 is 0 Å². The van der Waals surface area contributed by atoms with Gasteiger partial charge in [0.15, 0.2) is 5.58 Å². The summed E-state index contributed by atoms with van der Waals surface area (Å²) < 4.78 is 13.3. The zero-order chi connectivity index (χ0) is 66.1. The van der Waals surface area contributed by atoms with E-state index in [4.69, 9.17) is 4.42 Å². The van der Waals surface area contributed by atoms with Crippen molar-refractivity contribution in [1.29, 1.82) is 0 Å². The monoisotopic (exact) mass is 1270 g/mol. The van der Waals surface area contributed by atoms with Gasteiger partial charge in [-0.05, 0) is 197 Å². The van der Waals surface area contributed by atoms with E-state index < -0.39 is 21.7 Å². The molecule has 10 heteroatoms. The molecule has 2 saturated heterocycles. The maximum absolute atomic E-state index is 13.9. The molecule has 0 radical (unpaired) electrons. The van der Waals surface area contributed by atoms with Gasteiger partial charge in [0.05, 0.1) is 77.5 Å². The Bertz CT molecular complexity index is 5820. The highest BCUT2D eigenvalue weighted by molar-refractivity contribution is 6.27. The molecular formula is C87H71N5O5. The molecule has 2 unspecified atom stereocenters. The third-order valence-electron chi connectivity index (χ3n) is 23.5. The molecule has 20 rings (SSSR count). The highest BCUT2D eigenvalue weighted by Crippen LogP contribution is 2.80. The van der Waals surface area contributed by atoms with Crippen molar-refractivity contribution in [1.82, 2.24) is 13.7 Å². The minimum Gasteiger partial charge on any atom is -0.454 e. The van der Waals surface area contributed by atoms with E-state index in [-0.39, 0.29) is 29.0 Å². The molecule has 3 aliphatic carbocycles. The summed E-state index contributed by atoms with van der Waals surface area (Å²) in [6.45, 7) is 11.5. The van der Waals surface area contributed by atoms with Crippen molar-refractivity contribution in [2.24, 2.45) is 27.1 Å². The third-order valence-corrected chi connectivity index (χ3v) is 23.5. The van der Waals surface area contributed by atoms with Gasteiger partial charge in [-0.3, -0.25) is 19.2 Å². The zero-order valence-electron chi connectivity index (χ0n) is 55.2. The van der Waals surface area contributed by atoms with Crippen molar-refractivity contribution in [2.45, 2.75) is 80.1 Å². The second kappa shape index (κ2) is 20.9. The number of nitrogens with zero attached hydrogens (tertiary/aromatic N) is 5. The van der Waals surface area contributed by atoms with E-state index in [0.717, 1.165) is 138 Å². The van der Waals surface area contributed by atoms with Crippen molar-refractivity contribution in [3.63, 3.8) is 0 Å². The summed E-state index contributed by atoms with van der Waals surface area (Å²) in [5, 5.41) is 9.19. The topological polar surface area (TPSA) is 103 Å².